The van der Waals surface area contributed by atoms with Gasteiger partial charge < -0.3 is 14.4 Å². The van der Waals surface area contributed by atoms with Gasteiger partial charge in [0.15, 0.2) is 6.33 Å². The van der Waals surface area contributed by atoms with Gasteiger partial charge in [-0.05, 0) is 34.4 Å². The molecular formula is C17H21N7O2. The van der Waals surface area contributed by atoms with Crippen LogP contribution in [0.2, 0.25) is 0 Å². The third kappa shape index (κ3) is 3.37. The number of amides is 2. The summed E-state index contributed by atoms with van der Waals surface area (Å²) in [6.07, 6.45) is 6.63. The van der Waals surface area contributed by atoms with Crippen molar-refractivity contribution < 1.29 is 9.59 Å². The number of aromatic nitrogens is 5. The zero-order valence-corrected chi connectivity index (χ0v) is 14.7. The molecule has 2 aliphatic heterocycles. The quantitative estimate of drug-likeness (QED) is 0.683. The van der Waals surface area contributed by atoms with Crippen molar-refractivity contribution in [2.45, 2.75) is 19.4 Å². The van der Waals surface area contributed by atoms with E-state index in [1.807, 2.05) is 35.0 Å². The Morgan fingerprint density at radius 1 is 1.08 bits per heavy atom. The predicted octanol–water partition coefficient (Wildman–Crippen LogP) is -0.375. The smallest absolute Gasteiger partial charge is 0.246 e. The Morgan fingerprint density at radius 2 is 1.77 bits per heavy atom. The van der Waals surface area contributed by atoms with Gasteiger partial charge in [0, 0.05) is 52.0 Å². The molecule has 0 aromatic carbocycles. The van der Waals surface area contributed by atoms with E-state index in [0.29, 0.717) is 32.6 Å². The monoisotopic (exact) mass is 355 g/mol. The van der Waals surface area contributed by atoms with Crippen LogP contribution in [0, 0.1) is 0 Å². The molecule has 0 N–H and O–H groups in total. The minimum absolute atomic E-state index is 0.0284. The van der Waals surface area contributed by atoms with Gasteiger partial charge in [-0.25, -0.2) is 0 Å². The number of tetrazole rings is 1. The molecule has 2 aliphatic rings. The molecule has 4 heterocycles. The van der Waals surface area contributed by atoms with Gasteiger partial charge in [0.2, 0.25) is 11.8 Å². The van der Waals surface area contributed by atoms with Crippen LogP contribution >= 0.6 is 0 Å². The zero-order valence-electron chi connectivity index (χ0n) is 14.7. The second kappa shape index (κ2) is 6.74. The van der Waals surface area contributed by atoms with Gasteiger partial charge in [-0.1, -0.05) is 0 Å². The lowest BCUT2D eigenvalue weighted by atomic mass is 10.2. The van der Waals surface area contributed by atoms with Gasteiger partial charge in [-0.15, -0.1) is 10.2 Å². The van der Waals surface area contributed by atoms with E-state index < -0.39 is 0 Å². The highest BCUT2D eigenvalue weighted by atomic mass is 16.2. The lowest BCUT2D eigenvalue weighted by molar-refractivity contribution is -0.131. The van der Waals surface area contributed by atoms with Crippen molar-refractivity contribution in [2.75, 3.05) is 26.2 Å². The minimum atomic E-state index is -0.0284. The number of rotatable bonds is 5. The Hall–Kier alpha value is -2.97. The molecular weight excluding hydrogens is 334 g/mol. The summed E-state index contributed by atoms with van der Waals surface area (Å²) < 4.78 is 1.99. The number of carbonyl (C=O) groups excluding carboxylic acids is 2. The van der Waals surface area contributed by atoms with Crippen molar-refractivity contribution in [3.05, 3.63) is 41.5 Å². The Bertz CT molecular complexity index is 834. The highest BCUT2D eigenvalue weighted by Gasteiger charge is 2.33. The maximum atomic E-state index is 12.5. The number of nitrogens with zero attached hydrogens (tertiary/aromatic N) is 7. The van der Waals surface area contributed by atoms with E-state index in [1.54, 1.807) is 4.90 Å². The highest BCUT2D eigenvalue weighted by Crippen LogP contribution is 2.26. The van der Waals surface area contributed by atoms with Crippen LogP contribution < -0.4 is 0 Å². The summed E-state index contributed by atoms with van der Waals surface area (Å²) in [5.74, 6) is 0.146. The second-order valence-electron chi connectivity index (χ2n) is 6.86. The molecule has 0 aliphatic carbocycles. The van der Waals surface area contributed by atoms with Crippen LogP contribution in [0.3, 0.4) is 0 Å². The van der Waals surface area contributed by atoms with E-state index in [0.717, 1.165) is 6.42 Å². The zero-order chi connectivity index (χ0) is 18.1. The SMILES string of the molecule is Cn1ccc(CCC(=O)N2CC3=C(C2)CN(C(=O)Cn2ncnn2)C3)c1. The fourth-order valence-electron chi connectivity index (χ4n) is 3.53. The molecule has 0 radical (unpaired) electrons. The number of carbonyl (C=O) groups is 2. The lowest BCUT2D eigenvalue weighted by Crippen LogP contribution is -2.38. The van der Waals surface area contributed by atoms with Crippen LogP contribution in [0.1, 0.15) is 12.0 Å². The molecule has 2 amide bonds. The third-order valence-corrected chi connectivity index (χ3v) is 4.92. The Labute approximate surface area is 150 Å². The summed E-state index contributed by atoms with van der Waals surface area (Å²) in [5, 5.41) is 11.2. The molecule has 0 bridgehead atoms. The Kier molecular flexibility index (Phi) is 4.27. The van der Waals surface area contributed by atoms with Crippen LogP contribution in [0.15, 0.2) is 35.9 Å². The van der Waals surface area contributed by atoms with E-state index in [2.05, 4.69) is 15.4 Å². The van der Waals surface area contributed by atoms with Crippen LogP contribution in [-0.4, -0.2) is 72.6 Å². The van der Waals surface area contributed by atoms with Crippen molar-refractivity contribution in [2.24, 2.45) is 7.05 Å². The highest BCUT2D eigenvalue weighted by molar-refractivity contribution is 5.80. The van der Waals surface area contributed by atoms with Crippen molar-refractivity contribution in [3.8, 4) is 0 Å². The molecule has 9 heteroatoms. The summed E-state index contributed by atoms with van der Waals surface area (Å²) in [6.45, 7) is 2.54. The summed E-state index contributed by atoms with van der Waals surface area (Å²) in [4.78, 5) is 29.7. The molecule has 2 aromatic heterocycles. The van der Waals surface area contributed by atoms with Crippen molar-refractivity contribution in [3.63, 3.8) is 0 Å². The summed E-state index contributed by atoms with van der Waals surface area (Å²) in [5.41, 5.74) is 3.56. The van der Waals surface area contributed by atoms with E-state index in [4.69, 9.17) is 0 Å². The van der Waals surface area contributed by atoms with Crippen LogP contribution in [0.5, 0.6) is 0 Å². The normalized spacial score (nSPS) is 16.5. The molecule has 9 nitrogen and oxygen atoms in total. The van der Waals surface area contributed by atoms with Gasteiger partial charge in [0.1, 0.15) is 6.54 Å². The lowest BCUT2D eigenvalue weighted by Gasteiger charge is -2.23. The molecule has 4 rings (SSSR count). The number of hydrogen-bond acceptors (Lipinski definition) is 5. The molecule has 0 saturated heterocycles. The standard InChI is InChI=1S/C17H21N7O2/c1-21-5-4-13(6-21)2-3-16(25)22-7-14-9-23(10-15(14)8-22)17(26)11-24-19-12-18-20-24/h4-6,12H,2-3,7-11H2,1H3. The first-order valence-electron chi connectivity index (χ1n) is 8.65. The number of aryl methyl sites for hydroxylation is 2. The molecule has 136 valence electrons. The van der Waals surface area contributed by atoms with Gasteiger partial charge >= 0.3 is 0 Å². The second-order valence-corrected chi connectivity index (χ2v) is 6.86. The van der Waals surface area contributed by atoms with Gasteiger partial charge in [-0.2, -0.15) is 4.80 Å². The Morgan fingerprint density at radius 3 is 2.35 bits per heavy atom. The summed E-state index contributed by atoms with van der Waals surface area (Å²) in [6, 6.07) is 2.04. The predicted molar refractivity (Wildman–Crippen MR) is 91.7 cm³/mol. The van der Waals surface area contributed by atoms with Crippen LogP contribution in [-0.2, 0) is 29.6 Å². The topological polar surface area (TPSA) is 89.2 Å². The third-order valence-electron chi connectivity index (χ3n) is 4.92. The largest absolute Gasteiger partial charge is 0.357 e. The summed E-state index contributed by atoms with van der Waals surface area (Å²) >= 11 is 0. The first kappa shape index (κ1) is 16.5. The van der Waals surface area contributed by atoms with Gasteiger partial charge in [0.05, 0.1) is 0 Å². The fourth-order valence-corrected chi connectivity index (χ4v) is 3.53. The van der Waals surface area contributed by atoms with Crippen LogP contribution in [0.25, 0.3) is 0 Å². The first-order chi connectivity index (χ1) is 12.6. The van der Waals surface area contributed by atoms with Crippen LogP contribution in [0.4, 0.5) is 0 Å². The van der Waals surface area contributed by atoms with E-state index in [9.17, 15) is 9.59 Å². The van der Waals surface area contributed by atoms with Gasteiger partial charge in [-0.3, -0.25) is 9.59 Å². The summed E-state index contributed by atoms with van der Waals surface area (Å²) in [7, 11) is 1.98. The Balaban J connectivity index is 1.25. The van der Waals surface area contributed by atoms with Crippen molar-refractivity contribution in [1.82, 2.24) is 34.6 Å². The maximum absolute atomic E-state index is 12.5. The molecule has 0 spiro atoms. The van der Waals surface area contributed by atoms with E-state index >= 15 is 0 Å². The van der Waals surface area contributed by atoms with Crippen molar-refractivity contribution in [1.29, 1.82) is 0 Å². The van der Waals surface area contributed by atoms with E-state index in [-0.39, 0.29) is 18.4 Å². The minimum Gasteiger partial charge on any atom is -0.357 e. The van der Waals surface area contributed by atoms with Crippen molar-refractivity contribution >= 4 is 11.8 Å². The molecule has 0 atom stereocenters. The molecule has 26 heavy (non-hydrogen) atoms. The van der Waals surface area contributed by atoms with Gasteiger partial charge in [0.25, 0.3) is 0 Å². The molecule has 2 aromatic rings. The fraction of sp³-hybridized carbons (Fsp3) is 0.471. The maximum Gasteiger partial charge on any atom is 0.246 e. The molecule has 0 unspecified atom stereocenters. The number of hydrogen-bond donors (Lipinski definition) is 0. The molecule has 0 fully saturated rings. The average Bonchev–Trinajstić information content (AvgIpc) is 3.36. The average molecular weight is 355 g/mol. The molecule has 0 saturated carbocycles. The first-order valence-corrected chi connectivity index (χ1v) is 8.65. The van der Waals surface area contributed by atoms with E-state index in [1.165, 1.54) is 27.8 Å².